The lowest BCUT2D eigenvalue weighted by Gasteiger charge is -2.46. The van der Waals surface area contributed by atoms with Crippen molar-refractivity contribution in [3.8, 4) is 28.0 Å². The number of carbonyl (C=O) groups is 1. The van der Waals surface area contributed by atoms with Crippen LogP contribution in [0.2, 0.25) is 0 Å². The number of amides is 1. The zero-order valence-electron chi connectivity index (χ0n) is 24.7. The lowest BCUT2D eigenvalue weighted by atomic mass is 9.70. The predicted octanol–water partition coefficient (Wildman–Crippen LogP) is 8.21. The number of aromatic amines is 1. The van der Waals surface area contributed by atoms with Gasteiger partial charge < -0.3 is 14.6 Å². The normalized spacial score (nSPS) is 17.7. The minimum Gasteiger partial charge on any atom is -0.496 e. The number of alkyl halides is 6. The van der Waals surface area contributed by atoms with E-state index in [-0.39, 0.29) is 24.8 Å². The summed E-state index contributed by atoms with van der Waals surface area (Å²) >= 11 is 0. The zero-order chi connectivity index (χ0) is 33.0. The number of H-pyrrole nitrogens is 1. The van der Waals surface area contributed by atoms with Crippen molar-refractivity contribution in [1.82, 2.24) is 15.1 Å². The van der Waals surface area contributed by atoms with Crippen LogP contribution in [0.25, 0.3) is 22.3 Å². The topological polar surface area (TPSA) is 87.7 Å². The molecule has 0 radical (unpaired) electrons. The Labute approximate surface area is 259 Å². The number of aliphatic hydroxyl groups is 1. The van der Waals surface area contributed by atoms with E-state index in [1.54, 1.807) is 12.3 Å². The van der Waals surface area contributed by atoms with Crippen molar-refractivity contribution in [2.45, 2.75) is 63.3 Å². The van der Waals surface area contributed by atoms with Gasteiger partial charge in [0.1, 0.15) is 5.75 Å². The number of rotatable bonds is 7. The quantitative estimate of drug-likeness (QED) is 0.198. The lowest BCUT2D eigenvalue weighted by molar-refractivity contribution is -0.143. The van der Waals surface area contributed by atoms with Crippen molar-refractivity contribution < 1.29 is 45.7 Å². The Morgan fingerprint density at radius 2 is 1.67 bits per heavy atom. The number of ether oxygens (including phenoxy) is 2. The van der Waals surface area contributed by atoms with Crippen LogP contribution >= 0.6 is 0 Å². The first-order valence-corrected chi connectivity index (χ1v) is 14.4. The molecule has 2 fully saturated rings. The molecule has 242 valence electrons. The van der Waals surface area contributed by atoms with Crippen LogP contribution in [-0.4, -0.2) is 38.9 Å². The first kappa shape index (κ1) is 31.5. The van der Waals surface area contributed by atoms with E-state index in [2.05, 4.69) is 10.2 Å². The number of nitrogens with one attached hydrogen (secondary N) is 1. The number of hydrogen-bond donors (Lipinski definition) is 2. The van der Waals surface area contributed by atoms with Gasteiger partial charge in [-0.2, -0.15) is 31.4 Å². The predicted molar refractivity (Wildman–Crippen MR) is 154 cm³/mol. The van der Waals surface area contributed by atoms with Crippen molar-refractivity contribution in [2.75, 3.05) is 7.11 Å². The lowest BCUT2D eigenvalue weighted by Crippen LogP contribution is -2.53. The minimum atomic E-state index is -5.04. The second kappa shape index (κ2) is 11.4. The Hall–Kier alpha value is -4.52. The van der Waals surface area contributed by atoms with Gasteiger partial charge in [0, 0.05) is 11.1 Å². The van der Waals surface area contributed by atoms with Crippen molar-refractivity contribution in [3.63, 3.8) is 0 Å². The number of cyclic esters (lactones) is 1. The third kappa shape index (κ3) is 5.46. The maximum absolute atomic E-state index is 13.7. The van der Waals surface area contributed by atoms with Gasteiger partial charge in [0.05, 0.1) is 48.8 Å². The Bertz CT molecular complexity index is 1760. The molecule has 1 atom stereocenters. The smallest absolute Gasteiger partial charge is 0.416 e. The van der Waals surface area contributed by atoms with Crippen LogP contribution in [0.3, 0.4) is 0 Å². The number of aryl methyl sites for hydroxylation is 1. The molecule has 3 aromatic carbocycles. The van der Waals surface area contributed by atoms with Crippen molar-refractivity contribution in [3.05, 3.63) is 94.3 Å². The number of hydrogen-bond acceptors (Lipinski definition) is 5. The molecule has 13 heteroatoms. The van der Waals surface area contributed by atoms with Crippen LogP contribution in [0.1, 0.15) is 58.9 Å². The summed E-state index contributed by atoms with van der Waals surface area (Å²) in [6.45, 7) is 1.75. The molecule has 2 aliphatic rings. The van der Waals surface area contributed by atoms with Crippen LogP contribution < -0.4 is 4.74 Å². The van der Waals surface area contributed by atoms with Gasteiger partial charge in [-0.1, -0.05) is 24.3 Å². The molecule has 7 nitrogen and oxygen atoms in total. The average molecular weight is 646 g/mol. The van der Waals surface area contributed by atoms with Gasteiger partial charge in [0.2, 0.25) is 0 Å². The second-order valence-electron chi connectivity index (χ2n) is 11.6. The molecule has 2 heterocycles. The molecule has 1 amide bonds. The Morgan fingerprint density at radius 1 is 0.978 bits per heavy atom. The highest BCUT2D eigenvalue weighted by atomic mass is 19.4. The molecule has 0 bridgehead atoms. The maximum atomic E-state index is 13.7. The summed E-state index contributed by atoms with van der Waals surface area (Å²) in [6.07, 6.45) is -9.45. The molecule has 1 spiro atoms. The molecular weight excluding hydrogens is 616 g/mol. The fourth-order valence-corrected chi connectivity index (χ4v) is 6.46. The molecule has 1 aromatic heterocycles. The van der Waals surface area contributed by atoms with Gasteiger partial charge in [0.15, 0.2) is 6.10 Å². The van der Waals surface area contributed by atoms with Crippen LogP contribution in [0.15, 0.2) is 60.8 Å². The summed E-state index contributed by atoms with van der Waals surface area (Å²) < 4.78 is 93.2. The van der Waals surface area contributed by atoms with E-state index in [1.807, 2.05) is 37.3 Å². The highest BCUT2D eigenvalue weighted by molar-refractivity contribution is 5.80. The number of methoxy groups -OCH3 is 1. The first-order valence-electron chi connectivity index (χ1n) is 14.4. The van der Waals surface area contributed by atoms with Crippen LogP contribution in [-0.2, 0) is 30.2 Å². The summed E-state index contributed by atoms with van der Waals surface area (Å²) in [5.41, 5.74) is 0.757. The van der Waals surface area contributed by atoms with Crippen molar-refractivity contribution >= 4 is 6.09 Å². The van der Waals surface area contributed by atoms with E-state index in [4.69, 9.17) is 9.47 Å². The number of aliphatic hydroxyl groups excluding tert-OH is 1. The highest BCUT2D eigenvalue weighted by Crippen LogP contribution is 2.55. The molecule has 1 saturated heterocycles. The molecule has 1 unspecified atom stereocenters. The van der Waals surface area contributed by atoms with E-state index >= 15 is 0 Å². The molecule has 46 heavy (non-hydrogen) atoms. The Balaban J connectivity index is 1.37. The summed E-state index contributed by atoms with van der Waals surface area (Å²) in [4.78, 5) is 14.7. The van der Waals surface area contributed by atoms with E-state index in [1.165, 1.54) is 12.0 Å². The summed E-state index contributed by atoms with van der Waals surface area (Å²) in [6, 6.07) is 12.5. The fraction of sp³-hybridized carbons (Fsp3) is 0.333. The number of aromatic nitrogens is 2. The number of nitrogens with zero attached hydrogens (tertiary/aromatic N) is 2. The second-order valence-corrected chi connectivity index (χ2v) is 11.6. The van der Waals surface area contributed by atoms with Crippen LogP contribution in [0, 0.1) is 6.92 Å². The van der Waals surface area contributed by atoms with Crippen LogP contribution in [0.5, 0.6) is 5.75 Å². The van der Waals surface area contributed by atoms with Gasteiger partial charge in [-0.05, 0) is 84.3 Å². The van der Waals surface area contributed by atoms with E-state index < -0.39 is 41.2 Å². The third-order valence-corrected chi connectivity index (χ3v) is 8.91. The van der Waals surface area contributed by atoms with E-state index in [0.717, 1.165) is 22.3 Å². The molecule has 1 saturated carbocycles. The Kier molecular flexibility index (Phi) is 7.78. The standard InChI is InChI=1S/C33H29F6N3O4/c1-18-10-19(17-43)4-6-24(18)20-5-7-28(45-2)25(13-20)26-15-40-41-27(26)16-42-30(44)46-29(31(42)8-3-9-31)21-11-22(32(34,35)36)14-23(12-21)33(37,38)39/h4-7,10-15,29,43H,3,8-9,16-17H2,1-2H3,(H,40,41). The number of carbonyl (C=O) groups excluding carboxylic acids is 1. The summed E-state index contributed by atoms with van der Waals surface area (Å²) in [5.74, 6) is 0.514. The molecular formula is C33H29F6N3O4. The van der Waals surface area contributed by atoms with E-state index in [0.29, 0.717) is 54.0 Å². The van der Waals surface area contributed by atoms with Gasteiger partial charge in [-0.25, -0.2) is 4.79 Å². The fourth-order valence-electron chi connectivity index (χ4n) is 6.46. The summed E-state index contributed by atoms with van der Waals surface area (Å²) in [7, 11) is 1.51. The van der Waals surface area contributed by atoms with Gasteiger partial charge in [-0.3, -0.25) is 10.00 Å². The van der Waals surface area contributed by atoms with Gasteiger partial charge >= 0.3 is 18.4 Å². The molecule has 4 aromatic rings. The largest absolute Gasteiger partial charge is 0.496 e. The van der Waals surface area contributed by atoms with E-state index in [9.17, 15) is 36.2 Å². The maximum Gasteiger partial charge on any atom is 0.416 e. The van der Waals surface area contributed by atoms with Crippen molar-refractivity contribution in [2.24, 2.45) is 0 Å². The van der Waals surface area contributed by atoms with Gasteiger partial charge in [-0.15, -0.1) is 0 Å². The molecule has 2 N–H and O–H groups in total. The highest BCUT2D eigenvalue weighted by Gasteiger charge is 2.59. The molecule has 6 rings (SSSR count). The minimum absolute atomic E-state index is 0.0619. The monoisotopic (exact) mass is 645 g/mol. The number of benzene rings is 3. The molecule has 1 aliphatic carbocycles. The number of halogens is 6. The first-order chi connectivity index (χ1) is 21.7. The Morgan fingerprint density at radius 3 is 2.24 bits per heavy atom. The average Bonchev–Trinajstić information content (AvgIpc) is 3.58. The van der Waals surface area contributed by atoms with Crippen LogP contribution in [0.4, 0.5) is 31.1 Å². The molecule has 1 aliphatic heterocycles. The third-order valence-electron chi connectivity index (χ3n) is 8.91. The SMILES string of the molecule is COc1ccc(-c2ccc(CO)cc2C)cc1-c1cn[nH]c1CN1C(=O)OC(c2cc(C(F)(F)F)cc(C(F)(F)F)c2)C12CCC2. The summed E-state index contributed by atoms with van der Waals surface area (Å²) in [5, 5.41) is 16.6. The van der Waals surface area contributed by atoms with Gasteiger partial charge in [0.25, 0.3) is 0 Å². The zero-order valence-corrected chi connectivity index (χ0v) is 24.7. The van der Waals surface area contributed by atoms with Crippen molar-refractivity contribution in [1.29, 1.82) is 0 Å².